The van der Waals surface area contributed by atoms with E-state index in [9.17, 15) is 4.79 Å². The second-order valence-electron chi connectivity index (χ2n) is 6.41. The molecule has 0 aliphatic carbocycles. The highest BCUT2D eigenvalue weighted by molar-refractivity contribution is 5.67. The molecule has 0 saturated carbocycles. The van der Waals surface area contributed by atoms with Crippen molar-refractivity contribution in [2.24, 2.45) is 0 Å². The third-order valence-corrected chi connectivity index (χ3v) is 3.45. The van der Waals surface area contributed by atoms with Gasteiger partial charge in [-0.15, -0.1) is 0 Å². The fourth-order valence-electron chi connectivity index (χ4n) is 2.55. The smallest absolute Gasteiger partial charge is 0.407 e. The predicted molar refractivity (Wildman–Crippen MR) is 83.5 cm³/mol. The maximum Gasteiger partial charge on any atom is 0.407 e. The van der Waals surface area contributed by atoms with Gasteiger partial charge in [-0.25, -0.2) is 9.78 Å². The van der Waals surface area contributed by atoms with Crippen molar-refractivity contribution in [3.05, 3.63) is 24.4 Å². The van der Waals surface area contributed by atoms with Crippen molar-refractivity contribution in [2.45, 2.75) is 51.7 Å². The summed E-state index contributed by atoms with van der Waals surface area (Å²) in [6, 6.07) is 6.21. The number of anilines is 1. The topological polar surface area (TPSA) is 54.5 Å². The van der Waals surface area contributed by atoms with E-state index in [4.69, 9.17) is 4.74 Å². The highest BCUT2D eigenvalue weighted by Crippen LogP contribution is 2.22. The van der Waals surface area contributed by atoms with Crippen LogP contribution in [0, 0.1) is 0 Å². The van der Waals surface area contributed by atoms with Gasteiger partial charge in [0, 0.05) is 25.3 Å². The van der Waals surface area contributed by atoms with E-state index in [0.717, 1.165) is 18.8 Å². The minimum Gasteiger partial charge on any atom is -0.444 e. The first kappa shape index (κ1) is 15.6. The van der Waals surface area contributed by atoms with Gasteiger partial charge in [0.05, 0.1) is 0 Å². The van der Waals surface area contributed by atoms with Gasteiger partial charge < -0.3 is 15.0 Å². The number of pyridine rings is 1. The van der Waals surface area contributed by atoms with Crippen LogP contribution in [0.1, 0.15) is 40.0 Å². The number of hydrogen-bond acceptors (Lipinski definition) is 4. The first-order valence-corrected chi connectivity index (χ1v) is 7.60. The Morgan fingerprint density at radius 3 is 2.90 bits per heavy atom. The second-order valence-corrected chi connectivity index (χ2v) is 6.41. The monoisotopic (exact) mass is 291 g/mol. The lowest BCUT2D eigenvalue weighted by Crippen LogP contribution is -2.48. The number of ether oxygens (including phenoxy) is 1. The molecule has 0 bridgehead atoms. The van der Waals surface area contributed by atoms with E-state index in [2.05, 4.69) is 15.2 Å². The summed E-state index contributed by atoms with van der Waals surface area (Å²) in [5.74, 6) is 0.980. The zero-order chi connectivity index (χ0) is 15.3. The molecule has 1 aliphatic heterocycles. The van der Waals surface area contributed by atoms with Crippen molar-refractivity contribution in [1.82, 2.24) is 10.3 Å². The molecule has 5 nitrogen and oxygen atoms in total. The van der Waals surface area contributed by atoms with Crippen molar-refractivity contribution in [3.63, 3.8) is 0 Å². The largest absolute Gasteiger partial charge is 0.444 e. The number of piperidine rings is 1. The van der Waals surface area contributed by atoms with Gasteiger partial charge in [0.1, 0.15) is 11.4 Å². The summed E-state index contributed by atoms with van der Waals surface area (Å²) in [4.78, 5) is 18.5. The molecule has 1 atom stereocenters. The highest BCUT2D eigenvalue weighted by atomic mass is 16.6. The van der Waals surface area contributed by atoms with Crippen LogP contribution in [0.2, 0.25) is 0 Å². The van der Waals surface area contributed by atoms with Gasteiger partial charge in [0.25, 0.3) is 0 Å². The van der Waals surface area contributed by atoms with Gasteiger partial charge in [-0.3, -0.25) is 0 Å². The van der Waals surface area contributed by atoms with Gasteiger partial charge in [-0.05, 0) is 52.2 Å². The lowest BCUT2D eigenvalue weighted by molar-refractivity contribution is 0.0523. The molecule has 116 valence electrons. The summed E-state index contributed by atoms with van der Waals surface area (Å²) in [5.41, 5.74) is -0.461. The number of hydrogen-bond donors (Lipinski definition) is 1. The fraction of sp³-hybridized carbons (Fsp3) is 0.625. The minimum absolute atomic E-state index is 0.279. The number of alkyl carbamates (subject to hydrolysis) is 1. The third-order valence-electron chi connectivity index (χ3n) is 3.45. The first-order chi connectivity index (χ1) is 9.96. The molecule has 5 heteroatoms. The fourth-order valence-corrected chi connectivity index (χ4v) is 2.55. The van der Waals surface area contributed by atoms with Gasteiger partial charge in [-0.1, -0.05) is 6.07 Å². The summed E-state index contributed by atoms with van der Waals surface area (Å²) >= 11 is 0. The Morgan fingerprint density at radius 2 is 2.24 bits per heavy atom. The van der Waals surface area contributed by atoms with E-state index < -0.39 is 5.60 Å². The van der Waals surface area contributed by atoms with Crippen LogP contribution in [0.25, 0.3) is 0 Å². The van der Waals surface area contributed by atoms with Gasteiger partial charge in [0.15, 0.2) is 0 Å². The molecule has 1 fully saturated rings. The van der Waals surface area contributed by atoms with Crippen molar-refractivity contribution in [1.29, 1.82) is 0 Å². The van der Waals surface area contributed by atoms with E-state index in [1.54, 1.807) is 0 Å². The van der Waals surface area contributed by atoms with E-state index in [1.807, 2.05) is 45.2 Å². The molecule has 1 aromatic heterocycles. The van der Waals surface area contributed by atoms with E-state index in [0.29, 0.717) is 6.54 Å². The Hall–Kier alpha value is -1.78. The van der Waals surface area contributed by atoms with Crippen LogP contribution >= 0.6 is 0 Å². The molecule has 1 aliphatic rings. The molecular weight excluding hydrogens is 266 g/mol. The van der Waals surface area contributed by atoms with Gasteiger partial charge in [-0.2, -0.15) is 0 Å². The molecule has 21 heavy (non-hydrogen) atoms. The van der Waals surface area contributed by atoms with Crippen LogP contribution in [0.5, 0.6) is 0 Å². The van der Waals surface area contributed by atoms with Crippen LogP contribution in [0.15, 0.2) is 24.4 Å². The molecule has 1 amide bonds. The summed E-state index contributed by atoms with van der Waals surface area (Å²) in [6.07, 6.45) is 4.87. The maximum atomic E-state index is 11.8. The van der Waals surface area contributed by atoms with E-state index >= 15 is 0 Å². The molecule has 1 saturated heterocycles. The molecule has 1 aromatic rings. The van der Waals surface area contributed by atoms with Crippen molar-refractivity contribution in [3.8, 4) is 0 Å². The molecular formula is C16H25N3O2. The van der Waals surface area contributed by atoms with Crippen molar-refractivity contribution < 1.29 is 9.53 Å². The SMILES string of the molecule is CC(C)(C)OC(=O)NCC1CCCCN1c1ccccn1. The van der Waals surface area contributed by atoms with E-state index in [-0.39, 0.29) is 12.1 Å². The molecule has 2 rings (SSSR count). The van der Waals surface area contributed by atoms with Gasteiger partial charge >= 0.3 is 6.09 Å². The molecule has 1 unspecified atom stereocenters. The standard InChI is InChI=1S/C16H25N3O2/c1-16(2,3)21-15(20)18-12-13-8-5-7-11-19(13)14-9-4-6-10-17-14/h4,6,9-10,13H,5,7-8,11-12H2,1-3H3,(H,18,20). The zero-order valence-corrected chi connectivity index (χ0v) is 13.1. The number of carbonyl (C=O) groups is 1. The molecule has 0 spiro atoms. The lowest BCUT2D eigenvalue weighted by Gasteiger charge is -2.36. The Labute approximate surface area is 126 Å². The Bertz CT molecular complexity index is 456. The number of nitrogens with zero attached hydrogens (tertiary/aromatic N) is 2. The average molecular weight is 291 g/mol. The second kappa shape index (κ2) is 6.78. The number of nitrogens with one attached hydrogen (secondary N) is 1. The van der Waals surface area contributed by atoms with E-state index in [1.165, 1.54) is 12.8 Å². The van der Waals surface area contributed by atoms with Crippen LogP contribution in [-0.4, -0.2) is 35.8 Å². The van der Waals surface area contributed by atoms with Crippen LogP contribution in [0.4, 0.5) is 10.6 Å². The van der Waals surface area contributed by atoms with Crippen LogP contribution < -0.4 is 10.2 Å². The van der Waals surface area contributed by atoms with Crippen LogP contribution in [0.3, 0.4) is 0 Å². The minimum atomic E-state index is -0.461. The van der Waals surface area contributed by atoms with Crippen LogP contribution in [-0.2, 0) is 4.74 Å². The average Bonchev–Trinajstić information content (AvgIpc) is 2.45. The van der Waals surface area contributed by atoms with Gasteiger partial charge in [0.2, 0.25) is 0 Å². The Balaban J connectivity index is 1.92. The number of carbonyl (C=O) groups excluding carboxylic acids is 1. The third kappa shape index (κ3) is 4.92. The predicted octanol–water partition coefficient (Wildman–Crippen LogP) is 2.97. The summed E-state index contributed by atoms with van der Waals surface area (Å²) < 4.78 is 5.29. The normalized spacial score (nSPS) is 19.2. The zero-order valence-electron chi connectivity index (χ0n) is 13.1. The summed E-state index contributed by atoms with van der Waals surface area (Å²) in [5, 5.41) is 2.88. The number of aromatic nitrogens is 1. The molecule has 0 aromatic carbocycles. The molecule has 0 radical (unpaired) electrons. The highest BCUT2D eigenvalue weighted by Gasteiger charge is 2.24. The summed E-state index contributed by atoms with van der Waals surface area (Å²) in [7, 11) is 0. The number of amides is 1. The molecule has 2 heterocycles. The Morgan fingerprint density at radius 1 is 1.43 bits per heavy atom. The number of rotatable bonds is 3. The molecule has 1 N–H and O–H groups in total. The Kier molecular flexibility index (Phi) is 5.04. The summed E-state index contributed by atoms with van der Waals surface area (Å²) in [6.45, 7) is 7.18. The quantitative estimate of drug-likeness (QED) is 0.930. The first-order valence-electron chi connectivity index (χ1n) is 7.60. The lowest BCUT2D eigenvalue weighted by atomic mass is 10.0. The maximum absolute atomic E-state index is 11.8. The van der Waals surface area contributed by atoms with Crippen molar-refractivity contribution in [2.75, 3.05) is 18.0 Å². The van der Waals surface area contributed by atoms with Crippen molar-refractivity contribution >= 4 is 11.9 Å².